The van der Waals surface area contributed by atoms with Crippen LogP contribution in [0.5, 0.6) is 0 Å². The summed E-state index contributed by atoms with van der Waals surface area (Å²) in [5, 5.41) is 0. The van der Waals surface area contributed by atoms with Gasteiger partial charge in [0.05, 0.1) is 0 Å². The number of rotatable bonds is 2. The standard InChI is InChI=1S/C8H13N3/c1-6-5-7(2)11-8(10-6)3-4-9/h5H,3-4,9H2,1-2H3. The summed E-state index contributed by atoms with van der Waals surface area (Å²) in [6, 6.07) is 1.96. The first-order valence-electron chi connectivity index (χ1n) is 3.73. The SMILES string of the molecule is Cc1cc(C)nc(CCN)n1. The third-order valence-corrected chi connectivity index (χ3v) is 1.40. The Labute approximate surface area is 66.7 Å². The molecule has 0 atom stereocenters. The Morgan fingerprint density at radius 3 is 2.27 bits per heavy atom. The minimum Gasteiger partial charge on any atom is -0.330 e. The largest absolute Gasteiger partial charge is 0.330 e. The van der Waals surface area contributed by atoms with Crippen LogP contribution in [0.3, 0.4) is 0 Å². The summed E-state index contributed by atoms with van der Waals surface area (Å²) in [5.41, 5.74) is 7.41. The van der Waals surface area contributed by atoms with Crippen molar-refractivity contribution in [2.75, 3.05) is 6.54 Å². The number of hydrogen-bond acceptors (Lipinski definition) is 3. The van der Waals surface area contributed by atoms with Gasteiger partial charge in [0.25, 0.3) is 0 Å². The minimum atomic E-state index is 0.614. The molecule has 0 aromatic carbocycles. The van der Waals surface area contributed by atoms with Crippen LogP contribution in [0.4, 0.5) is 0 Å². The fraction of sp³-hybridized carbons (Fsp3) is 0.500. The van der Waals surface area contributed by atoms with Crippen molar-refractivity contribution in [3.05, 3.63) is 23.3 Å². The normalized spacial score (nSPS) is 10.1. The molecule has 0 amide bonds. The third kappa shape index (κ3) is 2.27. The van der Waals surface area contributed by atoms with E-state index in [0.29, 0.717) is 6.54 Å². The average molecular weight is 151 g/mol. The molecule has 0 bridgehead atoms. The van der Waals surface area contributed by atoms with Crippen molar-refractivity contribution in [3.8, 4) is 0 Å². The van der Waals surface area contributed by atoms with Gasteiger partial charge >= 0.3 is 0 Å². The van der Waals surface area contributed by atoms with Crippen LogP contribution in [0.1, 0.15) is 17.2 Å². The lowest BCUT2D eigenvalue weighted by Gasteiger charge is -2.00. The van der Waals surface area contributed by atoms with Crippen molar-refractivity contribution in [1.29, 1.82) is 0 Å². The predicted octanol–water partition coefficient (Wildman–Crippen LogP) is 0.595. The van der Waals surface area contributed by atoms with E-state index in [4.69, 9.17) is 5.73 Å². The molecule has 0 fully saturated rings. The maximum Gasteiger partial charge on any atom is 0.130 e. The molecule has 0 aliphatic carbocycles. The van der Waals surface area contributed by atoms with E-state index in [1.807, 2.05) is 19.9 Å². The highest BCUT2D eigenvalue weighted by molar-refractivity contribution is 5.08. The van der Waals surface area contributed by atoms with E-state index in [2.05, 4.69) is 9.97 Å². The molecule has 11 heavy (non-hydrogen) atoms. The van der Waals surface area contributed by atoms with Gasteiger partial charge in [-0.25, -0.2) is 9.97 Å². The molecule has 0 aliphatic heterocycles. The van der Waals surface area contributed by atoms with E-state index in [1.54, 1.807) is 0 Å². The van der Waals surface area contributed by atoms with Gasteiger partial charge in [-0.05, 0) is 26.5 Å². The molecule has 0 saturated heterocycles. The molecule has 60 valence electrons. The second-order valence-electron chi connectivity index (χ2n) is 2.61. The van der Waals surface area contributed by atoms with Gasteiger partial charge in [0, 0.05) is 17.8 Å². The fourth-order valence-electron chi connectivity index (χ4n) is 1.04. The zero-order valence-electron chi connectivity index (χ0n) is 6.96. The summed E-state index contributed by atoms with van der Waals surface area (Å²) in [5.74, 6) is 0.852. The topological polar surface area (TPSA) is 51.8 Å². The summed E-state index contributed by atoms with van der Waals surface area (Å²) in [4.78, 5) is 8.47. The van der Waals surface area contributed by atoms with Crippen molar-refractivity contribution in [2.24, 2.45) is 5.73 Å². The van der Waals surface area contributed by atoms with Crippen molar-refractivity contribution in [2.45, 2.75) is 20.3 Å². The van der Waals surface area contributed by atoms with Gasteiger partial charge in [0.2, 0.25) is 0 Å². The van der Waals surface area contributed by atoms with Gasteiger partial charge in [-0.2, -0.15) is 0 Å². The van der Waals surface area contributed by atoms with E-state index >= 15 is 0 Å². The molecule has 1 aromatic rings. The highest BCUT2D eigenvalue weighted by Gasteiger charge is 1.96. The summed E-state index contributed by atoms with van der Waals surface area (Å²) >= 11 is 0. The second-order valence-corrected chi connectivity index (χ2v) is 2.61. The van der Waals surface area contributed by atoms with Crippen molar-refractivity contribution in [1.82, 2.24) is 9.97 Å². The molecule has 0 unspecified atom stereocenters. The summed E-state index contributed by atoms with van der Waals surface area (Å²) in [7, 11) is 0. The minimum absolute atomic E-state index is 0.614. The Morgan fingerprint density at radius 2 is 1.82 bits per heavy atom. The number of aryl methyl sites for hydroxylation is 2. The van der Waals surface area contributed by atoms with Gasteiger partial charge in [0.1, 0.15) is 5.82 Å². The first kappa shape index (κ1) is 8.14. The maximum atomic E-state index is 5.38. The summed E-state index contributed by atoms with van der Waals surface area (Å²) in [6.45, 7) is 4.55. The third-order valence-electron chi connectivity index (χ3n) is 1.40. The average Bonchev–Trinajstić information content (AvgIpc) is 1.85. The Balaban J connectivity index is 2.89. The summed E-state index contributed by atoms with van der Waals surface area (Å²) < 4.78 is 0. The number of nitrogens with two attached hydrogens (primary N) is 1. The molecule has 2 N–H and O–H groups in total. The van der Waals surface area contributed by atoms with Gasteiger partial charge in [-0.3, -0.25) is 0 Å². The lowest BCUT2D eigenvalue weighted by molar-refractivity contribution is 0.843. The molecular formula is C8H13N3. The van der Waals surface area contributed by atoms with Crippen LogP contribution in [0, 0.1) is 13.8 Å². The van der Waals surface area contributed by atoms with E-state index < -0.39 is 0 Å². The van der Waals surface area contributed by atoms with E-state index in [0.717, 1.165) is 23.6 Å². The predicted molar refractivity (Wildman–Crippen MR) is 44.3 cm³/mol. The molecule has 1 rings (SSSR count). The molecule has 3 nitrogen and oxygen atoms in total. The number of hydrogen-bond donors (Lipinski definition) is 1. The number of aromatic nitrogens is 2. The fourth-order valence-corrected chi connectivity index (χ4v) is 1.04. The van der Waals surface area contributed by atoms with E-state index in [9.17, 15) is 0 Å². The quantitative estimate of drug-likeness (QED) is 0.673. The first-order chi connectivity index (χ1) is 5.22. The maximum absolute atomic E-state index is 5.38. The monoisotopic (exact) mass is 151 g/mol. The second kappa shape index (κ2) is 3.44. The van der Waals surface area contributed by atoms with E-state index in [1.165, 1.54) is 0 Å². The molecule has 3 heteroatoms. The van der Waals surface area contributed by atoms with Crippen LogP contribution in [-0.2, 0) is 6.42 Å². The van der Waals surface area contributed by atoms with Crippen LogP contribution in [0.15, 0.2) is 6.07 Å². The van der Waals surface area contributed by atoms with Crippen LogP contribution >= 0.6 is 0 Å². The molecule has 1 heterocycles. The molecule has 0 radical (unpaired) electrons. The zero-order valence-corrected chi connectivity index (χ0v) is 6.96. The lowest BCUT2D eigenvalue weighted by atomic mass is 10.3. The highest BCUT2D eigenvalue weighted by Crippen LogP contribution is 1.98. The van der Waals surface area contributed by atoms with Crippen LogP contribution < -0.4 is 5.73 Å². The van der Waals surface area contributed by atoms with Crippen LogP contribution in [0.25, 0.3) is 0 Å². The van der Waals surface area contributed by atoms with Gasteiger partial charge in [-0.15, -0.1) is 0 Å². The van der Waals surface area contributed by atoms with Gasteiger partial charge < -0.3 is 5.73 Å². The smallest absolute Gasteiger partial charge is 0.130 e. The van der Waals surface area contributed by atoms with Gasteiger partial charge in [0.15, 0.2) is 0 Å². The lowest BCUT2D eigenvalue weighted by Crippen LogP contribution is -2.07. The highest BCUT2D eigenvalue weighted by atomic mass is 14.9. The van der Waals surface area contributed by atoms with Crippen molar-refractivity contribution in [3.63, 3.8) is 0 Å². The summed E-state index contributed by atoms with van der Waals surface area (Å²) in [6.07, 6.45) is 0.766. The van der Waals surface area contributed by atoms with Crippen LogP contribution in [-0.4, -0.2) is 16.5 Å². The Bertz CT molecular complexity index is 225. The Hall–Kier alpha value is -0.960. The molecule has 1 aromatic heterocycles. The number of nitrogens with zero attached hydrogens (tertiary/aromatic N) is 2. The van der Waals surface area contributed by atoms with E-state index in [-0.39, 0.29) is 0 Å². The molecule has 0 spiro atoms. The van der Waals surface area contributed by atoms with Crippen molar-refractivity contribution >= 4 is 0 Å². The van der Waals surface area contributed by atoms with Crippen molar-refractivity contribution < 1.29 is 0 Å². The molecule has 0 saturated carbocycles. The van der Waals surface area contributed by atoms with Gasteiger partial charge in [-0.1, -0.05) is 0 Å². The Kier molecular flexibility index (Phi) is 2.54. The Morgan fingerprint density at radius 1 is 1.27 bits per heavy atom. The van der Waals surface area contributed by atoms with Crippen LogP contribution in [0.2, 0.25) is 0 Å². The zero-order chi connectivity index (χ0) is 8.27. The first-order valence-corrected chi connectivity index (χ1v) is 3.73. The molecular weight excluding hydrogens is 138 g/mol. The molecule has 0 aliphatic rings.